The molecule has 0 aliphatic rings. The van der Waals surface area contributed by atoms with E-state index < -0.39 is 0 Å². The van der Waals surface area contributed by atoms with E-state index in [9.17, 15) is 4.79 Å². The molecule has 0 aliphatic carbocycles. The highest BCUT2D eigenvalue weighted by Gasteiger charge is 2.08. The Bertz CT molecular complexity index is 697. The van der Waals surface area contributed by atoms with E-state index in [2.05, 4.69) is 33.1 Å². The van der Waals surface area contributed by atoms with Crippen molar-refractivity contribution in [2.75, 3.05) is 11.9 Å². The number of amides is 1. The Morgan fingerprint density at radius 2 is 2.20 bits per heavy atom. The van der Waals surface area contributed by atoms with E-state index in [0.29, 0.717) is 12.1 Å². The molecule has 3 N–H and O–H groups in total. The van der Waals surface area contributed by atoms with Gasteiger partial charge in [0.1, 0.15) is 0 Å². The smallest absolute Gasteiger partial charge is 0.256 e. The second-order valence-corrected chi connectivity index (χ2v) is 6.48. The predicted molar refractivity (Wildman–Crippen MR) is 87.1 cm³/mol. The third kappa shape index (κ3) is 3.94. The minimum Gasteiger partial charge on any atom is -0.322 e. The largest absolute Gasteiger partial charge is 0.322 e. The van der Waals surface area contributed by atoms with Crippen molar-refractivity contribution in [3.8, 4) is 11.8 Å². The van der Waals surface area contributed by atoms with Crippen LogP contribution in [0.25, 0.3) is 0 Å². The van der Waals surface area contributed by atoms with Crippen LogP contribution in [0.5, 0.6) is 0 Å². The minimum absolute atomic E-state index is 0.129. The van der Waals surface area contributed by atoms with Crippen molar-refractivity contribution in [3.05, 3.63) is 50.1 Å². The molecule has 0 spiro atoms. The van der Waals surface area contributed by atoms with E-state index in [1.54, 1.807) is 6.07 Å². The van der Waals surface area contributed by atoms with Crippen LogP contribution < -0.4 is 11.1 Å². The highest BCUT2D eigenvalue weighted by atomic mass is 79.9. The first-order chi connectivity index (χ1) is 9.58. The van der Waals surface area contributed by atoms with Crippen molar-refractivity contribution >= 4 is 38.9 Å². The zero-order valence-electron chi connectivity index (χ0n) is 10.9. The molecular formula is C15H13BrN2OS. The summed E-state index contributed by atoms with van der Waals surface area (Å²) in [6.45, 7) is 2.28. The maximum atomic E-state index is 12.1. The van der Waals surface area contributed by atoms with Crippen LogP contribution in [-0.4, -0.2) is 12.5 Å². The van der Waals surface area contributed by atoms with Crippen LogP contribution >= 0.6 is 27.3 Å². The number of halogens is 1. The number of thiophene rings is 1. The highest BCUT2D eigenvalue weighted by molar-refractivity contribution is 9.11. The van der Waals surface area contributed by atoms with Crippen LogP contribution in [-0.2, 0) is 0 Å². The van der Waals surface area contributed by atoms with Crippen LogP contribution in [0.2, 0.25) is 0 Å². The SMILES string of the molecule is Cc1cc(C#CCN)cc(NC(=O)c2csc(Br)c2)c1. The molecular weight excluding hydrogens is 336 g/mol. The Balaban J connectivity index is 2.20. The quantitative estimate of drug-likeness (QED) is 0.817. The van der Waals surface area contributed by atoms with Gasteiger partial charge in [-0.05, 0) is 52.7 Å². The molecule has 0 bridgehead atoms. The number of benzene rings is 1. The molecule has 0 radical (unpaired) electrons. The first-order valence-corrected chi connectivity index (χ1v) is 7.62. The van der Waals surface area contributed by atoms with Gasteiger partial charge in [-0.1, -0.05) is 11.8 Å². The Hall–Kier alpha value is -1.61. The van der Waals surface area contributed by atoms with Gasteiger partial charge in [0.05, 0.1) is 15.9 Å². The van der Waals surface area contributed by atoms with E-state index in [4.69, 9.17) is 5.73 Å². The van der Waals surface area contributed by atoms with Gasteiger partial charge in [0.15, 0.2) is 0 Å². The van der Waals surface area contributed by atoms with E-state index in [-0.39, 0.29) is 5.91 Å². The second-order valence-electron chi connectivity index (χ2n) is 4.19. The maximum absolute atomic E-state index is 12.1. The van der Waals surface area contributed by atoms with Crippen LogP contribution in [0.1, 0.15) is 21.5 Å². The van der Waals surface area contributed by atoms with Gasteiger partial charge in [-0.15, -0.1) is 11.3 Å². The molecule has 1 aromatic heterocycles. The number of hydrogen-bond donors (Lipinski definition) is 2. The fraction of sp³-hybridized carbons (Fsp3) is 0.133. The molecule has 0 aliphatic heterocycles. The topological polar surface area (TPSA) is 55.1 Å². The van der Waals surface area contributed by atoms with Gasteiger partial charge in [0, 0.05) is 16.6 Å². The lowest BCUT2D eigenvalue weighted by Gasteiger charge is -2.06. The summed E-state index contributed by atoms with van der Waals surface area (Å²) in [6, 6.07) is 7.51. The monoisotopic (exact) mass is 348 g/mol. The molecule has 2 rings (SSSR count). The summed E-state index contributed by atoms with van der Waals surface area (Å²) in [5.74, 6) is 5.65. The van der Waals surface area contributed by atoms with E-state index in [1.807, 2.05) is 30.5 Å². The maximum Gasteiger partial charge on any atom is 0.256 e. The van der Waals surface area contributed by atoms with Crippen molar-refractivity contribution in [1.82, 2.24) is 0 Å². The number of nitrogens with two attached hydrogens (primary N) is 1. The average Bonchev–Trinajstić information content (AvgIpc) is 2.82. The fourth-order valence-corrected chi connectivity index (χ4v) is 2.85. The lowest BCUT2D eigenvalue weighted by molar-refractivity contribution is 0.102. The lowest BCUT2D eigenvalue weighted by Crippen LogP contribution is -2.11. The van der Waals surface area contributed by atoms with Crippen molar-refractivity contribution in [2.24, 2.45) is 5.73 Å². The predicted octanol–water partition coefficient (Wildman–Crippen LogP) is 3.38. The van der Waals surface area contributed by atoms with Crippen molar-refractivity contribution in [1.29, 1.82) is 0 Å². The first-order valence-electron chi connectivity index (χ1n) is 5.94. The van der Waals surface area contributed by atoms with Crippen molar-refractivity contribution in [2.45, 2.75) is 6.92 Å². The molecule has 1 aromatic carbocycles. The summed E-state index contributed by atoms with van der Waals surface area (Å²) >= 11 is 4.83. The number of carbonyl (C=O) groups excluding carboxylic acids is 1. The molecule has 1 amide bonds. The molecule has 1 heterocycles. The zero-order valence-corrected chi connectivity index (χ0v) is 13.3. The van der Waals surface area contributed by atoms with Gasteiger partial charge < -0.3 is 11.1 Å². The Kier molecular flexibility index (Phi) is 4.96. The minimum atomic E-state index is -0.129. The Morgan fingerprint density at radius 1 is 1.40 bits per heavy atom. The normalized spacial score (nSPS) is 9.75. The van der Waals surface area contributed by atoms with Crippen LogP contribution in [0.3, 0.4) is 0 Å². The summed E-state index contributed by atoms with van der Waals surface area (Å²) in [4.78, 5) is 12.1. The molecule has 3 nitrogen and oxygen atoms in total. The summed E-state index contributed by atoms with van der Waals surface area (Å²) in [7, 11) is 0. The van der Waals surface area contributed by atoms with Crippen molar-refractivity contribution in [3.63, 3.8) is 0 Å². The Morgan fingerprint density at radius 3 is 2.85 bits per heavy atom. The van der Waals surface area contributed by atoms with Gasteiger partial charge >= 0.3 is 0 Å². The van der Waals surface area contributed by atoms with E-state index in [0.717, 1.165) is 20.6 Å². The third-order valence-electron chi connectivity index (χ3n) is 2.50. The molecule has 102 valence electrons. The average molecular weight is 349 g/mol. The first kappa shape index (κ1) is 14.8. The summed E-state index contributed by atoms with van der Waals surface area (Å²) in [6.07, 6.45) is 0. The molecule has 0 saturated carbocycles. The molecule has 2 aromatic rings. The van der Waals surface area contributed by atoms with Gasteiger partial charge in [-0.3, -0.25) is 4.79 Å². The van der Waals surface area contributed by atoms with Crippen molar-refractivity contribution < 1.29 is 4.79 Å². The molecule has 0 fully saturated rings. The van der Waals surface area contributed by atoms with E-state index >= 15 is 0 Å². The number of aryl methyl sites for hydroxylation is 1. The van der Waals surface area contributed by atoms with Gasteiger partial charge in [0.25, 0.3) is 5.91 Å². The number of nitrogens with one attached hydrogen (secondary N) is 1. The molecule has 0 unspecified atom stereocenters. The van der Waals surface area contributed by atoms with Gasteiger partial charge in [-0.25, -0.2) is 0 Å². The third-order valence-corrected chi connectivity index (χ3v) is 4.00. The van der Waals surface area contributed by atoms with Gasteiger partial charge in [0.2, 0.25) is 0 Å². The Labute approximate surface area is 130 Å². The highest BCUT2D eigenvalue weighted by Crippen LogP contribution is 2.22. The summed E-state index contributed by atoms with van der Waals surface area (Å²) < 4.78 is 0.932. The van der Waals surface area contributed by atoms with Gasteiger partial charge in [-0.2, -0.15) is 0 Å². The second kappa shape index (κ2) is 6.71. The zero-order chi connectivity index (χ0) is 14.5. The standard InChI is InChI=1S/C15H13BrN2OS/c1-10-5-11(3-2-4-17)7-13(6-10)18-15(19)12-8-14(16)20-9-12/h5-9H,4,17H2,1H3,(H,18,19). The molecule has 20 heavy (non-hydrogen) atoms. The number of anilines is 1. The number of rotatable bonds is 2. The van der Waals surface area contributed by atoms with Crippen LogP contribution in [0, 0.1) is 18.8 Å². The van der Waals surface area contributed by atoms with Crippen LogP contribution in [0.15, 0.2) is 33.4 Å². The summed E-state index contributed by atoms with van der Waals surface area (Å²) in [5, 5.41) is 4.69. The van der Waals surface area contributed by atoms with E-state index in [1.165, 1.54) is 11.3 Å². The molecule has 5 heteroatoms. The molecule has 0 saturated heterocycles. The summed E-state index contributed by atoms with van der Waals surface area (Å²) in [5.41, 5.74) is 8.62. The molecule has 0 atom stereocenters. The van der Waals surface area contributed by atoms with Crippen LogP contribution in [0.4, 0.5) is 5.69 Å². The lowest BCUT2D eigenvalue weighted by atomic mass is 10.1. The fourth-order valence-electron chi connectivity index (χ4n) is 1.71. The number of carbonyl (C=O) groups is 1. The number of hydrogen-bond acceptors (Lipinski definition) is 3.